The quantitative estimate of drug-likeness (QED) is 0.663. The summed E-state index contributed by atoms with van der Waals surface area (Å²) in [5, 5.41) is 3.60. The van der Waals surface area contributed by atoms with Gasteiger partial charge >= 0.3 is 0 Å². The van der Waals surface area contributed by atoms with Gasteiger partial charge in [0.2, 0.25) is 0 Å². The summed E-state index contributed by atoms with van der Waals surface area (Å²) in [5.74, 6) is 0. The van der Waals surface area contributed by atoms with E-state index in [0.717, 1.165) is 15.7 Å². The first-order chi connectivity index (χ1) is 9.08. The van der Waals surface area contributed by atoms with Gasteiger partial charge in [-0.25, -0.2) is 0 Å². The topological polar surface area (TPSA) is 38.0 Å². The summed E-state index contributed by atoms with van der Waals surface area (Å²) in [4.78, 5) is 0.439. The van der Waals surface area contributed by atoms with Gasteiger partial charge in [-0.3, -0.25) is 0 Å². The molecule has 0 aliphatic heterocycles. The standard InChI is InChI=1S/C15H23BrN2S/c1-3-5-7-12(6-4-2)18-14-9-8-11(16)10-13(14)15(17)19/h8-10,12,18H,3-7H2,1-2H3,(H2,17,19). The lowest BCUT2D eigenvalue weighted by atomic mass is 10.0. The van der Waals surface area contributed by atoms with Gasteiger partial charge in [0, 0.05) is 21.8 Å². The molecule has 0 aromatic heterocycles. The fraction of sp³-hybridized carbons (Fsp3) is 0.533. The third-order valence-electron chi connectivity index (χ3n) is 3.15. The van der Waals surface area contributed by atoms with Crippen LogP contribution in [0.5, 0.6) is 0 Å². The van der Waals surface area contributed by atoms with Crippen molar-refractivity contribution in [1.29, 1.82) is 0 Å². The van der Waals surface area contributed by atoms with Crippen LogP contribution >= 0.6 is 28.1 Å². The van der Waals surface area contributed by atoms with Crippen molar-refractivity contribution < 1.29 is 0 Å². The molecule has 1 atom stereocenters. The fourth-order valence-corrected chi connectivity index (χ4v) is 2.68. The zero-order valence-corrected chi connectivity index (χ0v) is 14.1. The first-order valence-electron chi connectivity index (χ1n) is 6.94. The van der Waals surface area contributed by atoms with Crippen molar-refractivity contribution in [1.82, 2.24) is 0 Å². The van der Waals surface area contributed by atoms with Gasteiger partial charge in [-0.1, -0.05) is 61.3 Å². The van der Waals surface area contributed by atoms with E-state index in [1.807, 2.05) is 18.2 Å². The molecule has 0 aliphatic rings. The molecule has 2 nitrogen and oxygen atoms in total. The smallest absolute Gasteiger partial charge is 0.106 e. The Labute approximate surface area is 130 Å². The number of benzene rings is 1. The molecule has 19 heavy (non-hydrogen) atoms. The van der Waals surface area contributed by atoms with Crippen molar-refractivity contribution in [3.05, 3.63) is 28.2 Å². The van der Waals surface area contributed by atoms with Crippen molar-refractivity contribution in [3.8, 4) is 0 Å². The highest BCUT2D eigenvalue weighted by Crippen LogP contribution is 2.23. The zero-order valence-electron chi connectivity index (χ0n) is 11.7. The Morgan fingerprint density at radius 3 is 2.63 bits per heavy atom. The Morgan fingerprint density at radius 2 is 2.05 bits per heavy atom. The molecule has 1 rings (SSSR count). The van der Waals surface area contributed by atoms with E-state index >= 15 is 0 Å². The number of rotatable bonds is 8. The molecule has 3 N–H and O–H groups in total. The van der Waals surface area contributed by atoms with Crippen molar-refractivity contribution in [2.45, 2.75) is 52.0 Å². The number of nitrogens with one attached hydrogen (secondary N) is 1. The largest absolute Gasteiger partial charge is 0.389 e. The third kappa shape index (κ3) is 5.49. The number of anilines is 1. The minimum absolute atomic E-state index is 0.439. The highest BCUT2D eigenvalue weighted by Gasteiger charge is 2.11. The third-order valence-corrected chi connectivity index (χ3v) is 3.86. The number of hydrogen-bond acceptors (Lipinski definition) is 2. The average Bonchev–Trinajstić information content (AvgIpc) is 2.38. The van der Waals surface area contributed by atoms with Crippen LogP contribution in [0.25, 0.3) is 0 Å². The van der Waals surface area contributed by atoms with Crippen LogP contribution in [0.2, 0.25) is 0 Å². The summed E-state index contributed by atoms with van der Waals surface area (Å²) in [6, 6.07) is 6.55. The van der Waals surface area contributed by atoms with E-state index in [1.54, 1.807) is 0 Å². The first-order valence-corrected chi connectivity index (χ1v) is 8.14. The first kappa shape index (κ1) is 16.4. The maximum atomic E-state index is 5.80. The molecule has 4 heteroatoms. The number of unbranched alkanes of at least 4 members (excludes halogenated alkanes) is 1. The summed E-state index contributed by atoms with van der Waals surface area (Å²) >= 11 is 8.59. The summed E-state index contributed by atoms with van der Waals surface area (Å²) in [6.07, 6.45) is 6.02. The molecule has 0 radical (unpaired) electrons. The highest BCUT2D eigenvalue weighted by atomic mass is 79.9. The van der Waals surface area contributed by atoms with Crippen LogP contribution in [-0.4, -0.2) is 11.0 Å². The predicted molar refractivity (Wildman–Crippen MR) is 91.9 cm³/mol. The molecule has 0 heterocycles. The van der Waals surface area contributed by atoms with E-state index in [-0.39, 0.29) is 0 Å². The summed E-state index contributed by atoms with van der Waals surface area (Å²) < 4.78 is 1.00. The van der Waals surface area contributed by atoms with Crippen LogP contribution in [0, 0.1) is 0 Å². The molecule has 0 aliphatic carbocycles. The van der Waals surface area contributed by atoms with Gasteiger partial charge in [0.05, 0.1) is 0 Å². The van der Waals surface area contributed by atoms with Gasteiger partial charge in [-0.15, -0.1) is 0 Å². The van der Waals surface area contributed by atoms with E-state index in [9.17, 15) is 0 Å². The Bertz CT molecular complexity index is 421. The lowest BCUT2D eigenvalue weighted by molar-refractivity contribution is 0.564. The van der Waals surface area contributed by atoms with Gasteiger partial charge < -0.3 is 11.1 Å². The molecule has 0 fully saturated rings. The van der Waals surface area contributed by atoms with E-state index in [2.05, 4.69) is 35.1 Å². The van der Waals surface area contributed by atoms with Crippen LogP contribution in [0.3, 0.4) is 0 Å². The predicted octanol–water partition coefficient (Wildman–Crippen LogP) is 4.85. The number of hydrogen-bond donors (Lipinski definition) is 2. The van der Waals surface area contributed by atoms with Crippen LogP contribution in [0.15, 0.2) is 22.7 Å². The molecule has 0 spiro atoms. The van der Waals surface area contributed by atoms with E-state index < -0.39 is 0 Å². The monoisotopic (exact) mass is 342 g/mol. The molecular weight excluding hydrogens is 320 g/mol. The second-order valence-electron chi connectivity index (χ2n) is 4.83. The van der Waals surface area contributed by atoms with E-state index in [4.69, 9.17) is 18.0 Å². The maximum absolute atomic E-state index is 5.80. The van der Waals surface area contributed by atoms with Gasteiger partial charge in [-0.2, -0.15) is 0 Å². The number of nitrogens with two attached hydrogens (primary N) is 1. The maximum Gasteiger partial charge on any atom is 0.106 e. The molecule has 0 saturated carbocycles. The molecular formula is C15H23BrN2S. The average molecular weight is 343 g/mol. The molecule has 106 valence electrons. The summed E-state index contributed by atoms with van der Waals surface area (Å²) in [7, 11) is 0. The van der Waals surface area contributed by atoms with Gasteiger partial charge in [0.25, 0.3) is 0 Å². The zero-order chi connectivity index (χ0) is 14.3. The van der Waals surface area contributed by atoms with Crippen LogP contribution in [0.1, 0.15) is 51.5 Å². The van der Waals surface area contributed by atoms with Crippen molar-refractivity contribution >= 4 is 38.8 Å². The van der Waals surface area contributed by atoms with Gasteiger partial charge in [0.15, 0.2) is 0 Å². The second kappa shape index (κ2) is 8.54. The minimum Gasteiger partial charge on any atom is -0.389 e. The van der Waals surface area contributed by atoms with Crippen molar-refractivity contribution in [2.75, 3.05) is 5.32 Å². The Kier molecular flexibility index (Phi) is 7.39. The molecule has 1 aromatic carbocycles. The molecule has 0 amide bonds. The summed E-state index contributed by atoms with van der Waals surface area (Å²) in [5.41, 5.74) is 7.77. The van der Waals surface area contributed by atoms with Crippen LogP contribution in [-0.2, 0) is 0 Å². The SMILES string of the molecule is CCCCC(CCC)Nc1ccc(Br)cc1C(N)=S. The van der Waals surface area contributed by atoms with Crippen LogP contribution in [0.4, 0.5) is 5.69 Å². The van der Waals surface area contributed by atoms with Gasteiger partial charge in [0.1, 0.15) is 4.99 Å². The van der Waals surface area contributed by atoms with Crippen LogP contribution < -0.4 is 11.1 Å². The lowest BCUT2D eigenvalue weighted by Crippen LogP contribution is -2.22. The minimum atomic E-state index is 0.439. The molecule has 0 bridgehead atoms. The molecule has 0 saturated heterocycles. The fourth-order valence-electron chi connectivity index (χ4n) is 2.15. The highest BCUT2D eigenvalue weighted by molar-refractivity contribution is 9.10. The normalized spacial score (nSPS) is 12.2. The number of halogens is 1. The second-order valence-corrected chi connectivity index (χ2v) is 6.18. The molecule has 1 aromatic rings. The van der Waals surface area contributed by atoms with E-state index in [0.29, 0.717) is 11.0 Å². The Hall–Kier alpha value is -0.610. The van der Waals surface area contributed by atoms with Crippen molar-refractivity contribution in [3.63, 3.8) is 0 Å². The Balaban J connectivity index is 2.85. The Morgan fingerprint density at radius 1 is 1.32 bits per heavy atom. The number of thiocarbonyl (C=S) groups is 1. The lowest BCUT2D eigenvalue weighted by Gasteiger charge is -2.21. The van der Waals surface area contributed by atoms with Gasteiger partial charge in [-0.05, 0) is 31.0 Å². The summed E-state index contributed by atoms with van der Waals surface area (Å²) in [6.45, 7) is 4.44. The van der Waals surface area contributed by atoms with E-state index in [1.165, 1.54) is 32.1 Å². The van der Waals surface area contributed by atoms with Crippen molar-refractivity contribution in [2.24, 2.45) is 5.73 Å². The molecule has 1 unspecified atom stereocenters.